The maximum Gasteiger partial charge on any atom is 0.246 e. The highest BCUT2D eigenvalue weighted by molar-refractivity contribution is 7.15. The number of hydrogen-bond donors (Lipinski definition) is 0. The molecule has 0 aromatic carbocycles. The molecule has 0 N–H and O–H groups in total. The van der Waals surface area contributed by atoms with Gasteiger partial charge in [-0.1, -0.05) is 25.4 Å². The molecule has 8 heteroatoms. The summed E-state index contributed by atoms with van der Waals surface area (Å²) in [6.07, 6.45) is 8.92. The van der Waals surface area contributed by atoms with E-state index < -0.39 is 0 Å². The Labute approximate surface area is 172 Å². The molecule has 3 aromatic heterocycles. The van der Waals surface area contributed by atoms with E-state index >= 15 is 0 Å². The molecule has 146 valence electrons. The highest BCUT2D eigenvalue weighted by atomic mass is 35.5. The Bertz CT molecular complexity index is 1020. The van der Waals surface area contributed by atoms with Gasteiger partial charge in [0.25, 0.3) is 0 Å². The molecule has 0 atom stereocenters. The second-order valence-corrected chi connectivity index (χ2v) is 8.50. The van der Waals surface area contributed by atoms with Crippen LogP contribution >= 0.6 is 22.9 Å². The predicted molar refractivity (Wildman–Crippen MR) is 112 cm³/mol. The molecule has 4 rings (SSSR count). The van der Waals surface area contributed by atoms with Gasteiger partial charge in [0.05, 0.1) is 5.69 Å². The van der Waals surface area contributed by atoms with Gasteiger partial charge >= 0.3 is 0 Å². The number of piperidine rings is 1. The molecular weight excluding hydrogens is 394 g/mol. The van der Waals surface area contributed by atoms with Crippen molar-refractivity contribution in [3.8, 4) is 0 Å². The quantitative estimate of drug-likeness (QED) is 0.593. The van der Waals surface area contributed by atoms with Gasteiger partial charge in [-0.3, -0.25) is 9.20 Å². The minimum atomic E-state index is 0.00486. The van der Waals surface area contributed by atoms with Crippen LogP contribution in [0.15, 0.2) is 29.9 Å². The standard InChI is InChI=1S/C20H22ClN5OS/c1-13(2)19-22-8-5-15(23-19)14-6-9-25(10-7-14)17(27)4-3-16-18(21)24-20-26(16)11-12-28-20/h3-5,8,11-14H,6-7,9-10H2,1-2H3/b4-3+. The van der Waals surface area contributed by atoms with Crippen LogP contribution in [0.5, 0.6) is 0 Å². The van der Waals surface area contributed by atoms with Crippen molar-refractivity contribution in [3.05, 3.63) is 52.3 Å². The average molecular weight is 416 g/mol. The van der Waals surface area contributed by atoms with Crippen LogP contribution in [0.25, 0.3) is 11.0 Å². The van der Waals surface area contributed by atoms with Crippen molar-refractivity contribution in [2.75, 3.05) is 13.1 Å². The van der Waals surface area contributed by atoms with Crippen molar-refractivity contribution in [1.29, 1.82) is 0 Å². The number of aromatic nitrogens is 4. The minimum Gasteiger partial charge on any atom is -0.339 e. The molecule has 0 spiro atoms. The first-order chi connectivity index (χ1) is 13.5. The lowest BCUT2D eigenvalue weighted by atomic mass is 9.93. The fraction of sp³-hybridized carbons (Fsp3) is 0.400. The highest BCUT2D eigenvalue weighted by Gasteiger charge is 2.24. The van der Waals surface area contributed by atoms with Gasteiger partial charge in [-0.15, -0.1) is 11.3 Å². The number of nitrogens with zero attached hydrogens (tertiary/aromatic N) is 5. The molecule has 6 nitrogen and oxygen atoms in total. The Balaban J connectivity index is 1.39. The summed E-state index contributed by atoms with van der Waals surface area (Å²) in [6.45, 7) is 5.65. The molecule has 1 aliphatic heterocycles. The summed E-state index contributed by atoms with van der Waals surface area (Å²) >= 11 is 7.70. The Morgan fingerprint density at radius 1 is 1.32 bits per heavy atom. The van der Waals surface area contributed by atoms with Crippen LogP contribution in [0.1, 0.15) is 55.7 Å². The Morgan fingerprint density at radius 3 is 2.86 bits per heavy atom. The van der Waals surface area contributed by atoms with Crippen LogP contribution in [0.2, 0.25) is 5.15 Å². The van der Waals surface area contributed by atoms with Gasteiger partial charge in [-0.25, -0.2) is 15.0 Å². The summed E-state index contributed by atoms with van der Waals surface area (Å²) in [5.41, 5.74) is 1.83. The molecule has 1 fully saturated rings. The number of thiazole rings is 1. The Hall–Kier alpha value is -2.25. The average Bonchev–Trinajstić information content (AvgIpc) is 3.27. The third kappa shape index (κ3) is 3.82. The molecule has 1 aliphatic rings. The Kier molecular flexibility index (Phi) is 5.46. The van der Waals surface area contributed by atoms with E-state index in [0.29, 0.717) is 17.0 Å². The fourth-order valence-corrected chi connectivity index (χ4v) is 4.48. The lowest BCUT2D eigenvalue weighted by molar-refractivity contribution is -0.126. The summed E-state index contributed by atoms with van der Waals surface area (Å²) in [7, 11) is 0. The van der Waals surface area contributed by atoms with Gasteiger partial charge in [0.2, 0.25) is 5.91 Å². The van der Waals surface area contributed by atoms with Crippen molar-refractivity contribution in [2.45, 2.75) is 38.5 Å². The lowest BCUT2D eigenvalue weighted by Crippen LogP contribution is -2.37. The van der Waals surface area contributed by atoms with Crippen molar-refractivity contribution in [2.24, 2.45) is 0 Å². The summed E-state index contributed by atoms with van der Waals surface area (Å²) in [6, 6.07) is 2.00. The zero-order valence-electron chi connectivity index (χ0n) is 15.9. The van der Waals surface area contributed by atoms with Crippen LogP contribution < -0.4 is 0 Å². The molecule has 1 amide bonds. The monoisotopic (exact) mass is 415 g/mol. The molecule has 0 bridgehead atoms. The predicted octanol–water partition coefficient (Wildman–Crippen LogP) is 4.38. The van der Waals surface area contributed by atoms with E-state index in [0.717, 1.165) is 48.1 Å². The molecule has 0 saturated carbocycles. The maximum absolute atomic E-state index is 12.6. The largest absolute Gasteiger partial charge is 0.339 e. The molecule has 28 heavy (non-hydrogen) atoms. The van der Waals surface area contributed by atoms with Crippen LogP contribution in [0, 0.1) is 0 Å². The first-order valence-electron chi connectivity index (χ1n) is 9.44. The fourth-order valence-electron chi connectivity index (χ4n) is 3.47. The van der Waals surface area contributed by atoms with Crippen molar-refractivity contribution in [3.63, 3.8) is 0 Å². The van der Waals surface area contributed by atoms with E-state index in [1.54, 1.807) is 12.2 Å². The van der Waals surface area contributed by atoms with Crippen LogP contribution in [0.4, 0.5) is 0 Å². The van der Waals surface area contributed by atoms with Gasteiger partial charge < -0.3 is 4.90 Å². The number of halogens is 1. The summed E-state index contributed by atoms with van der Waals surface area (Å²) in [5.74, 6) is 1.58. The molecule has 0 radical (unpaired) electrons. The summed E-state index contributed by atoms with van der Waals surface area (Å²) in [4.78, 5) is 28.7. The molecule has 4 heterocycles. The van der Waals surface area contributed by atoms with Crippen LogP contribution in [-0.2, 0) is 4.79 Å². The second kappa shape index (κ2) is 8.01. The van der Waals surface area contributed by atoms with E-state index in [-0.39, 0.29) is 5.91 Å². The molecular formula is C20H22ClN5OS. The number of likely N-dealkylation sites (tertiary alicyclic amines) is 1. The number of fused-ring (bicyclic) bond motifs is 1. The van der Waals surface area contributed by atoms with Crippen molar-refractivity contribution < 1.29 is 4.79 Å². The molecule has 0 unspecified atom stereocenters. The number of hydrogen-bond acceptors (Lipinski definition) is 5. The minimum absolute atomic E-state index is 0.00486. The SMILES string of the molecule is CC(C)c1nccc(C2CCN(C(=O)/C=C/c3c(Cl)nc4sccn34)CC2)n1. The van der Waals surface area contributed by atoms with E-state index in [1.807, 2.05) is 33.1 Å². The molecule has 1 saturated heterocycles. The third-order valence-electron chi connectivity index (χ3n) is 5.08. The summed E-state index contributed by atoms with van der Waals surface area (Å²) in [5, 5.41) is 2.36. The van der Waals surface area contributed by atoms with E-state index in [2.05, 4.69) is 23.8 Å². The van der Waals surface area contributed by atoms with Gasteiger partial charge in [-0.2, -0.15) is 0 Å². The summed E-state index contributed by atoms with van der Waals surface area (Å²) < 4.78 is 1.89. The van der Waals surface area contributed by atoms with Gasteiger partial charge in [0.1, 0.15) is 5.82 Å². The van der Waals surface area contributed by atoms with E-state index in [4.69, 9.17) is 16.6 Å². The Morgan fingerprint density at radius 2 is 2.11 bits per heavy atom. The number of imidazole rings is 1. The maximum atomic E-state index is 12.6. The zero-order valence-corrected chi connectivity index (χ0v) is 17.5. The first kappa shape index (κ1) is 19.1. The van der Waals surface area contributed by atoms with Gasteiger partial charge in [0, 0.05) is 54.5 Å². The number of amides is 1. The number of carbonyl (C=O) groups excluding carboxylic acids is 1. The molecule has 3 aromatic rings. The van der Waals surface area contributed by atoms with Crippen LogP contribution in [-0.4, -0.2) is 43.2 Å². The number of carbonyl (C=O) groups is 1. The van der Waals surface area contributed by atoms with Gasteiger partial charge in [-0.05, 0) is 25.0 Å². The van der Waals surface area contributed by atoms with Crippen molar-refractivity contribution in [1.82, 2.24) is 24.3 Å². The smallest absolute Gasteiger partial charge is 0.246 e. The van der Waals surface area contributed by atoms with Crippen molar-refractivity contribution >= 4 is 39.9 Å². The van der Waals surface area contributed by atoms with Crippen LogP contribution in [0.3, 0.4) is 0 Å². The molecule has 0 aliphatic carbocycles. The zero-order chi connectivity index (χ0) is 19.7. The normalized spacial score (nSPS) is 15.9. The van der Waals surface area contributed by atoms with E-state index in [9.17, 15) is 4.79 Å². The number of rotatable bonds is 4. The topological polar surface area (TPSA) is 63.4 Å². The van der Waals surface area contributed by atoms with Gasteiger partial charge in [0.15, 0.2) is 10.1 Å². The highest BCUT2D eigenvalue weighted by Crippen LogP contribution is 2.28. The second-order valence-electron chi connectivity index (χ2n) is 7.27. The lowest BCUT2D eigenvalue weighted by Gasteiger charge is -2.31. The third-order valence-corrected chi connectivity index (χ3v) is 6.11. The first-order valence-corrected chi connectivity index (χ1v) is 10.7. The van der Waals surface area contributed by atoms with E-state index in [1.165, 1.54) is 11.3 Å².